The highest BCUT2D eigenvalue weighted by Gasteiger charge is 2.04. The summed E-state index contributed by atoms with van der Waals surface area (Å²) in [6.45, 7) is 1.48. The summed E-state index contributed by atoms with van der Waals surface area (Å²) in [4.78, 5) is 11.0. The lowest BCUT2D eigenvalue weighted by atomic mass is 10.2. The standard InChI is InChI=1S/C11H9FN2O/c1-8(15)9-6-13-14(7-9)11-4-2-10(12)3-5-11/h2-7H,1H3. The number of ketones is 1. The van der Waals surface area contributed by atoms with E-state index in [9.17, 15) is 9.18 Å². The Balaban J connectivity index is 2.37. The van der Waals surface area contributed by atoms with Gasteiger partial charge in [-0.2, -0.15) is 5.10 Å². The highest BCUT2D eigenvalue weighted by molar-refractivity contribution is 5.93. The third-order valence-corrected chi connectivity index (χ3v) is 2.08. The fourth-order valence-electron chi connectivity index (χ4n) is 1.24. The molecule has 1 heterocycles. The first-order valence-electron chi connectivity index (χ1n) is 4.48. The smallest absolute Gasteiger partial charge is 0.162 e. The number of rotatable bonds is 2. The maximum Gasteiger partial charge on any atom is 0.162 e. The Morgan fingerprint density at radius 1 is 1.33 bits per heavy atom. The number of aromatic nitrogens is 2. The van der Waals surface area contributed by atoms with Gasteiger partial charge in [-0.25, -0.2) is 9.07 Å². The molecular formula is C11H9FN2O. The molecule has 0 saturated heterocycles. The first-order valence-corrected chi connectivity index (χ1v) is 4.48. The maximum atomic E-state index is 12.7. The number of Topliss-reactive ketones (excluding diaryl/α,β-unsaturated/α-hetero) is 1. The van der Waals surface area contributed by atoms with E-state index in [4.69, 9.17) is 0 Å². The molecule has 76 valence electrons. The summed E-state index contributed by atoms with van der Waals surface area (Å²) in [6.07, 6.45) is 3.11. The lowest BCUT2D eigenvalue weighted by molar-refractivity contribution is 0.101. The summed E-state index contributed by atoms with van der Waals surface area (Å²) < 4.78 is 14.2. The van der Waals surface area contributed by atoms with Crippen molar-refractivity contribution < 1.29 is 9.18 Å². The molecule has 1 aromatic heterocycles. The molecule has 0 aliphatic carbocycles. The summed E-state index contributed by atoms with van der Waals surface area (Å²) in [5.74, 6) is -0.332. The highest BCUT2D eigenvalue weighted by atomic mass is 19.1. The van der Waals surface area contributed by atoms with Crippen LogP contribution in [-0.4, -0.2) is 15.6 Å². The van der Waals surface area contributed by atoms with E-state index >= 15 is 0 Å². The van der Waals surface area contributed by atoms with Crippen molar-refractivity contribution >= 4 is 5.78 Å². The first-order chi connectivity index (χ1) is 7.16. The minimum atomic E-state index is -0.294. The van der Waals surface area contributed by atoms with E-state index < -0.39 is 0 Å². The van der Waals surface area contributed by atoms with Crippen LogP contribution in [0.15, 0.2) is 36.7 Å². The third-order valence-electron chi connectivity index (χ3n) is 2.08. The van der Waals surface area contributed by atoms with Crippen LogP contribution in [0.3, 0.4) is 0 Å². The largest absolute Gasteiger partial charge is 0.294 e. The molecule has 4 heteroatoms. The van der Waals surface area contributed by atoms with E-state index in [1.165, 1.54) is 29.9 Å². The lowest BCUT2D eigenvalue weighted by Crippen LogP contribution is -1.94. The van der Waals surface area contributed by atoms with Gasteiger partial charge >= 0.3 is 0 Å². The van der Waals surface area contributed by atoms with Gasteiger partial charge in [-0.05, 0) is 31.2 Å². The summed E-state index contributed by atoms with van der Waals surface area (Å²) in [5.41, 5.74) is 1.27. The number of hydrogen-bond donors (Lipinski definition) is 0. The van der Waals surface area contributed by atoms with E-state index in [-0.39, 0.29) is 11.6 Å². The van der Waals surface area contributed by atoms with Gasteiger partial charge in [0.2, 0.25) is 0 Å². The molecule has 0 spiro atoms. The SMILES string of the molecule is CC(=O)c1cnn(-c2ccc(F)cc2)c1. The highest BCUT2D eigenvalue weighted by Crippen LogP contribution is 2.09. The second-order valence-corrected chi connectivity index (χ2v) is 3.21. The van der Waals surface area contributed by atoms with Crippen molar-refractivity contribution in [2.24, 2.45) is 0 Å². The van der Waals surface area contributed by atoms with Gasteiger partial charge in [0.15, 0.2) is 5.78 Å². The zero-order chi connectivity index (χ0) is 10.8. The van der Waals surface area contributed by atoms with Crippen LogP contribution in [0, 0.1) is 5.82 Å². The maximum absolute atomic E-state index is 12.7. The Hall–Kier alpha value is -1.97. The van der Waals surface area contributed by atoms with Gasteiger partial charge in [0, 0.05) is 6.20 Å². The molecular weight excluding hydrogens is 195 g/mol. The van der Waals surface area contributed by atoms with Gasteiger partial charge in [0.05, 0.1) is 17.4 Å². The molecule has 0 atom stereocenters. The van der Waals surface area contributed by atoms with E-state index in [1.54, 1.807) is 18.3 Å². The topological polar surface area (TPSA) is 34.9 Å². The number of benzene rings is 1. The minimum Gasteiger partial charge on any atom is -0.294 e. The van der Waals surface area contributed by atoms with E-state index in [2.05, 4.69) is 5.10 Å². The fourth-order valence-corrected chi connectivity index (χ4v) is 1.24. The number of carbonyl (C=O) groups is 1. The van der Waals surface area contributed by atoms with Crippen LogP contribution in [-0.2, 0) is 0 Å². The molecule has 0 aliphatic heterocycles. The molecule has 0 aliphatic rings. The molecule has 0 saturated carbocycles. The first kappa shape index (κ1) is 9.58. The summed E-state index contributed by atoms with van der Waals surface area (Å²) >= 11 is 0. The number of halogens is 1. The van der Waals surface area contributed by atoms with E-state index in [0.717, 1.165) is 5.69 Å². The predicted octanol–water partition coefficient (Wildman–Crippen LogP) is 2.21. The molecule has 0 unspecified atom stereocenters. The monoisotopic (exact) mass is 204 g/mol. The van der Waals surface area contributed by atoms with Gasteiger partial charge in [0.1, 0.15) is 5.82 Å². The summed E-state index contributed by atoms with van der Waals surface area (Å²) in [7, 11) is 0. The third kappa shape index (κ3) is 1.93. The van der Waals surface area contributed by atoms with E-state index in [0.29, 0.717) is 5.56 Å². The Morgan fingerprint density at radius 3 is 2.53 bits per heavy atom. The van der Waals surface area contributed by atoms with E-state index in [1.807, 2.05) is 0 Å². The van der Waals surface area contributed by atoms with Gasteiger partial charge in [0.25, 0.3) is 0 Å². The molecule has 15 heavy (non-hydrogen) atoms. The van der Waals surface area contributed by atoms with Crippen LogP contribution >= 0.6 is 0 Å². The fraction of sp³-hybridized carbons (Fsp3) is 0.0909. The Bertz CT molecular complexity index is 488. The van der Waals surface area contributed by atoms with Crippen LogP contribution in [0.4, 0.5) is 4.39 Å². The molecule has 0 bridgehead atoms. The van der Waals surface area contributed by atoms with Crippen molar-refractivity contribution in [3.05, 3.63) is 48.0 Å². The van der Waals surface area contributed by atoms with Crippen molar-refractivity contribution in [1.82, 2.24) is 9.78 Å². The Labute approximate surface area is 86.2 Å². The van der Waals surface area contributed by atoms with Crippen LogP contribution in [0.2, 0.25) is 0 Å². The summed E-state index contributed by atoms with van der Waals surface area (Å²) in [5, 5.41) is 4.01. The van der Waals surface area contributed by atoms with Crippen LogP contribution in [0.25, 0.3) is 5.69 Å². The molecule has 0 fully saturated rings. The van der Waals surface area contributed by atoms with Gasteiger partial charge in [-0.3, -0.25) is 4.79 Å². The van der Waals surface area contributed by atoms with Crippen LogP contribution in [0.1, 0.15) is 17.3 Å². The van der Waals surface area contributed by atoms with Crippen molar-refractivity contribution in [2.45, 2.75) is 6.92 Å². The minimum absolute atomic E-state index is 0.0386. The molecule has 0 amide bonds. The second kappa shape index (κ2) is 3.65. The number of carbonyl (C=O) groups excluding carboxylic acids is 1. The molecule has 1 aromatic carbocycles. The Morgan fingerprint density at radius 2 is 2.00 bits per heavy atom. The van der Waals surface area contributed by atoms with Gasteiger partial charge in [-0.1, -0.05) is 0 Å². The average Bonchev–Trinajstić information content (AvgIpc) is 2.68. The van der Waals surface area contributed by atoms with Gasteiger partial charge in [-0.15, -0.1) is 0 Å². The Kier molecular flexibility index (Phi) is 2.33. The predicted molar refractivity (Wildman–Crippen MR) is 53.5 cm³/mol. The molecule has 3 nitrogen and oxygen atoms in total. The van der Waals surface area contributed by atoms with Crippen molar-refractivity contribution in [2.75, 3.05) is 0 Å². The van der Waals surface area contributed by atoms with Crippen molar-refractivity contribution in [3.8, 4) is 5.69 Å². The quantitative estimate of drug-likeness (QED) is 0.703. The van der Waals surface area contributed by atoms with Crippen molar-refractivity contribution in [1.29, 1.82) is 0 Å². The van der Waals surface area contributed by atoms with Crippen LogP contribution < -0.4 is 0 Å². The molecule has 2 aromatic rings. The van der Waals surface area contributed by atoms with Crippen LogP contribution in [0.5, 0.6) is 0 Å². The summed E-state index contributed by atoms with van der Waals surface area (Å²) in [6, 6.07) is 5.91. The molecule has 0 radical (unpaired) electrons. The molecule has 2 rings (SSSR count). The normalized spacial score (nSPS) is 10.3. The second-order valence-electron chi connectivity index (χ2n) is 3.21. The number of hydrogen-bond acceptors (Lipinski definition) is 2. The average molecular weight is 204 g/mol. The number of nitrogens with zero attached hydrogens (tertiary/aromatic N) is 2. The van der Waals surface area contributed by atoms with Gasteiger partial charge < -0.3 is 0 Å². The van der Waals surface area contributed by atoms with Crippen molar-refractivity contribution in [3.63, 3.8) is 0 Å². The zero-order valence-electron chi connectivity index (χ0n) is 8.14. The lowest BCUT2D eigenvalue weighted by Gasteiger charge is -1.99. The molecule has 0 N–H and O–H groups in total. The zero-order valence-corrected chi connectivity index (χ0v) is 8.14.